The lowest BCUT2D eigenvalue weighted by Crippen LogP contribution is -2.22. The number of thiophene rings is 1. The Morgan fingerprint density at radius 1 is 1.39 bits per heavy atom. The predicted octanol–water partition coefficient (Wildman–Crippen LogP) is 4.04. The molecule has 1 aliphatic heterocycles. The van der Waals surface area contributed by atoms with Crippen molar-refractivity contribution in [2.24, 2.45) is 17.8 Å². The molecule has 4 rings (SSSR count). The first kappa shape index (κ1) is 11.0. The molecule has 1 N–H and O–H groups in total. The van der Waals surface area contributed by atoms with Crippen LogP contribution in [-0.2, 0) is 0 Å². The highest BCUT2D eigenvalue weighted by Gasteiger charge is 2.72. The maximum absolute atomic E-state index is 13.3. The van der Waals surface area contributed by atoms with Gasteiger partial charge in [-0.15, -0.1) is 11.3 Å². The number of fused-ring (bicyclic) bond motifs is 2. The van der Waals surface area contributed by atoms with E-state index in [9.17, 15) is 8.78 Å². The molecule has 0 saturated heterocycles. The Labute approximate surface area is 109 Å². The van der Waals surface area contributed by atoms with Crippen LogP contribution in [-0.4, -0.2) is 5.92 Å². The minimum absolute atomic E-state index is 0.273. The molecule has 18 heavy (non-hydrogen) atoms. The lowest BCUT2D eigenvalue weighted by atomic mass is 9.93. The fraction of sp³-hybridized carbons (Fsp3) is 0.571. The number of halogens is 2. The van der Waals surface area contributed by atoms with Gasteiger partial charge in [0.15, 0.2) is 0 Å². The van der Waals surface area contributed by atoms with E-state index in [-0.39, 0.29) is 17.9 Å². The van der Waals surface area contributed by atoms with Crippen molar-refractivity contribution in [3.8, 4) is 0 Å². The molecule has 0 amide bonds. The summed E-state index contributed by atoms with van der Waals surface area (Å²) in [4.78, 5) is 1.35. The van der Waals surface area contributed by atoms with Crippen LogP contribution in [0.5, 0.6) is 0 Å². The second-order valence-corrected chi connectivity index (χ2v) is 6.59. The molecule has 0 bridgehead atoms. The molecule has 3 aliphatic rings. The van der Waals surface area contributed by atoms with Crippen molar-refractivity contribution in [1.29, 1.82) is 0 Å². The molecule has 2 saturated carbocycles. The van der Waals surface area contributed by atoms with Crippen molar-refractivity contribution in [3.63, 3.8) is 0 Å². The van der Waals surface area contributed by atoms with Crippen LogP contribution < -0.4 is 5.32 Å². The van der Waals surface area contributed by atoms with Crippen LogP contribution in [0.2, 0.25) is 0 Å². The van der Waals surface area contributed by atoms with Gasteiger partial charge < -0.3 is 5.32 Å². The Bertz CT molecular complexity index is 520. The van der Waals surface area contributed by atoms with Crippen LogP contribution in [0.3, 0.4) is 0 Å². The standard InChI is InChI=1S/C14H15F2NS/c1-2-11-8-3-4-18-13(8)12(17-11)7-5-9-10(6-7)14(9,15)16/h2-4,7,9-10,12,17H,5-6H2,1H3/b11-2-. The zero-order chi connectivity index (χ0) is 12.5. The Balaban J connectivity index is 1.59. The average molecular weight is 267 g/mol. The minimum Gasteiger partial charge on any atom is -0.377 e. The van der Waals surface area contributed by atoms with Crippen molar-refractivity contribution in [2.75, 3.05) is 0 Å². The summed E-state index contributed by atoms with van der Waals surface area (Å²) in [5, 5.41) is 5.63. The highest BCUT2D eigenvalue weighted by Crippen LogP contribution is 2.67. The van der Waals surface area contributed by atoms with Crippen LogP contribution in [0.25, 0.3) is 5.70 Å². The Morgan fingerprint density at radius 2 is 2.11 bits per heavy atom. The normalized spacial score (nSPS) is 41.6. The van der Waals surface area contributed by atoms with Crippen LogP contribution in [0.4, 0.5) is 8.78 Å². The third-order valence-corrected chi connectivity index (χ3v) is 5.82. The molecule has 1 aromatic rings. The zero-order valence-electron chi connectivity index (χ0n) is 10.1. The summed E-state index contributed by atoms with van der Waals surface area (Å²) >= 11 is 1.75. The number of hydrogen-bond acceptors (Lipinski definition) is 2. The van der Waals surface area contributed by atoms with Gasteiger partial charge in [0, 0.05) is 28.0 Å². The van der Waals surface area contributed by atoms with Crippen molar-refractivity contribution >= 4 is 17.0 Å². The van der Waals surface area contributed by atoms with E-state index in [1.54, 1.807) is 11.3 Å². The lowest BCUT2D eigenvalue weighted by Gasteiger charge is -2.22. The van der Waals surface area contributed by atoms with E-state index in [4.69, 9.17) is 0 Å². The van der Waals surface area contributed by atoms with Gasteiger partial charge in [-0.1, -0.05) is 6.08 Å². The van der Waals surface area contributed by atoms with Crippen molar-refractivity contribution in [1.82, 2.24) is 5.32 Å². The zero-order valence-corrected chi connectivity index (χ0v) is 10.9. The van der Waals surface area contributed by atoms with Crippen LogP contribution in [0.15, 0.2) is 17.5 Å². The number of alkyl halides is 2. The van der Waals surface area contributed by atoms with Crippen LogP contribution in [0.1, 0.15) is 36.2 Å². The number of allylic oxidation sites excluding steroid dienone is 1. The van der Waals surface area contributed by atoms with Gasteiger partial charge in [0.05, 0.1) is 6.04 Å². The summed E-state index contributed by atoms with van der Waals surface area (Å²) in [5.41, 5.74) is 2.45. The fourth-order valence-electron chi connectivity index (χ4n) is 3.79. The third-order valence-electron chi connectivity index (χ3n) is 4.82. The second kappa shape index (κ2) is 3.35. The predicted molar refractivity (Wildman–Crippen MR) is 68.5 cm³/mol. The summed E-state index contributed by atoms with van der Waals surface area (Å²) in [7, 11) is 0. The first-order valence-electron chi connectivity index (χ1n) is 6.51. The highest BCUT2D eigenvalue weighted by molar-refractivity contribution is 7.10. The van der Waals surface area contributed by atoms with Gasteiger partial charge in [-0.2, -0.15) is 0 Å². The molecule has 3 atom stereocenters. The van der Waals surface area contributed by atoms with E-state index in [0.29, 0.717) is 18.8 Å². The van der Waals surface area contributed by atoms with Gasteiger partial charge in [0.1, 0.15) is 0 Å². The lowest BCUT2D eigenvalue weighted by molar-refractivity contribution is 0.0606. The summed E-state index contributed by atoms with van der Waals surface area (Å²) in [6, 6.07) is 2.40. The van der Waals surface area contributed by atoms with Crippen molar-refractivity contribution < 1.29 is 8.78 Å². The molecule has 0 aromatic carbocycles. The largest absolute Gasteiger partial charge is 0.377 e. The highest BCUT2D eigenvalue weighted by atomic mass is 32.1. The fourth-order valence-corrected chi connectivity index (χ4v) is 4.84. The molecule has 0 spiro atoms. The summed E-state index contributed by atoms with van der Waals surface area (Å²) in [5.74, 6) is -2.63. The number of hydrogen-bond donors (Lipinski definition) is 1. The first-order valence-corrected chi connectivity index (χ1v) is 7.39. The summed E-state index contributed by atoms with van der Waals surface area (Å²) < 4.78 is 26.5. The van der Waals surface area contributed by atoms with Gasteiger partial charge in [0.2, 0.25) is 0 Å². The Hall–Kier alpha value is -0.900. The Morgan fingerprint density at radius 3 is 2.78 bits per heavy atom. The van der Waals surface area contributed by atoms with E-state index in [1.807, 2.05) is 6.92 Å². The smallest absolute Gasteiger partial charge is 0.254 e. The maximum atomic E-state index is 13.3. The van der Waals surface area contributed by atoms with Crippen LogP contribution in [0, 0.1) is 17.8 Å². The second-order valence-electron chi connectivity index (χ2n) is 5.64. The molecule has 2 aliphatic carbocycles. The van der Waals surface area contributed by atoms with Gasteiger partial charge in [0.25, 0.3) is 5.92 Å². The molecule has 2 fully saturated rings. The molecule has 1 aromatic heterocycles. The first-order chi connectivity index (χ1) is 8.63. The molecule has 1 nitrogen and oxygen atoms in total. The Kier molecular flexibility index (Phi) is 2.04. The topological polar surface area (TPSA) is 12.0 Å². The van der Waals surface area contributed by atoms with Crippen LogP contribution >= 0.6 is 11.3 Å². The van der Waals surface area contributed by atoms with Crippen molar-refractivity contribution in [2.45, 2.75) is 31.7 Å². The molecule has 4 heteroatoms. The van der Waals surface area contributed by atoms with E-state index < -0.39 is 5.92 Å². The van der Waals surface area contributed by atoms with Gasteiger partial charge in [-0.3, -0.25) is 0 Å². The van der Waals surface area contributed by atoms with E-state index in [2.05, 4.69) is 22.8 Å². The number of nitrogens with one attached hydrogen (secondary N) is 1. The SMILES string of the molecule is C/C=C1\NC(C2CC3C(C2)C3(F)F)c2sccc21. The minimum atomic E-state index is -2.35. The van der Waals surface area contributed by atoms with E-state index in [0.717, 1.165) is 0 Å². The quantitative estimate of drug-likeness (QED) is 0.809. The molecule has 96 valence electrons. The molecular formula is C14H15F2NS. The molecule has 3 unspecified atom stereocenters. The van der Waals surface area contributed by atoms with E-state index in [1.165, 1.54) is 16.1 Å². The molecule has 2 heterocycles. The van der Waals surface area contributed by atoms with Crippen molar-refractivity contribution in [3.05, 3.63) is 28.0 Å². The van der Waals surface area contributed by atoms with E-state index >= 15 is 0 Å². The van der Waals surface area contributed by atoms with Gasteiger partial charge in [-0.05, 0) is 37.1 Å². The third kappa shape index (κ3) is 1.25. The van der Waals surface area contributed by atoms with Gasteiger partial charge in [-0.25, -0.2) is 8.78 Å². The average Bonchev–Trinajstić information content (AvgIpc) is 2.88. The molecular weight excluding hydrogens is 252 g/mol. The maximum Gasteiger partial charge on any atom is 0.254 e. The monoisotopic (exact) mass is 267 g/mol. The summed E-state index contributed by atoms with van der Waals surface area (Å²) in [6.07, 6.45) is 3.45. The summed E-state index contributed by atoms with van der Waals surface area (Å²) in [6.45, 7) is 2.02. The molecule has 0 radical (unpaired) electrons. The number of rotatable bonds is 1. The van der Waals surface area contributed by atoms with Gasteiger partial charge >= 0.3 is 0 Å².